The van der Waals surface area contributed by atoms with E-state index < -0.39 is 16.9 Å². The van der Waals surface area contributed by atoms with Crippen molar-refractivity contribution >= 4 is 23.0 Å². The van der Waals surface area contributed by atoms with Gasteiger partial charge in [0.25, 0.3) is 0 Å². The van der Waals surface area contributed by atoms with E-state index in [0.29, 0.717) is 0 Å². The standard InChI is InChI=1S/C8H14O4S/c1-8(2,3)12-7(10)13-5-6(9)11-4/h5H2,1-4H3. The van der Waals surface area contributed by atoms with Gasteiger partial charge in [0.2, 0.25) is 0 Å². The van der Waals surface area contributed by atoms with Crippen molar-refractivity contribution in [2.24, 2.45) is 0 Å². The Balaban J connectivity index is 3.71. The zero-order chi connectivity index (χ0) is 10.5. The molecule has 0 saturated carbocycles. The molecule has 0 unspecified atom stereocenters. The molecule has 0 N–H and O–H groups in total. The van der Waals surface area contributed by atoms with Crippen LogP contribution in [-0.2, 0) is 14.3 Å². The molecule has 0 aliphatic heterocycles. The molecule has 4 nitrogen and oxygen atoms in total. The number of carbonyl (C=O) groups excluding carboxylic acids is 2. The van der Waals surface area contributed by atoms with Crippen molar-refractivity contribution in [3.05, 3.63) is 0 Å². The second-order valence-corrected chi connectivity index (χ2v) is 4.24. The third-order valence-electron chi connectivity index (χ3n) is 0.925. The average molecular weight is 206 g/mol. The van der Waals surface area contributed by atoms with Crippen molar-refractivity contribution in [1.29, 1.82) is 0 Å². The second-order valence-electron chi connectivity index (χ2n) is 3.33. The predicted octanol–water partition coefficient (Wildman–Crippen LogP) is 1.83. The minimum atomic E-state index is -0.514. The number of esters is 1. The topological polar surface area (TPSA) is 52.6 Å². The molecule has 0 aliphatic carbocycles. The van der Waals surface area contributed by atoms with Gasteiger partial charge in [-0.3, -0.25) is 4.79 Å². The fourth-order valence-corrected chi connectivity index (χ4v) is 1.12. The van der Waals surface area contributed by atoms with Gasteiger partial charge in [0.05, 0.1) is 7.11 Å². The Morgan fingerprint density at radius 3 is 2.23 bits per heavy atom. The molecule has 0 rings (SSSR count). The molecule has 0 radical (unpaired) electrons. The van der Waals surface area contributed by atoms with E-state index in [1.807, 2.05) is 0 Å². The van der Waals surface area contributed by atoms with E-state index in [1.54, 1.807) is 20.8 Å². The number of ether oxygens (including phenoxy) is 2. The van der Waals surface area contributed by atoms with Gasteiger partial charge in [-0.15, -0.1) is 0 Å². The van der Waals surface area contributed by atoms with Crippen molar-refractivity contribution in [3.8, 4) is 0 Å². The van der Waals surface area contributed by atoms with Gasteiger partial charge in [0.1, 0.15) is 11.4 Å². The summed E-state index contributed by atoms with van der Waals surface area (Å²) in [5.41, 5.74) is -0.514. The first-order valence-electron chi connectivity index (χ1n) is 3.78. The Labute approximate surface area is 82.0 Å². The van der Waals surface area contributed by atoms with Gasteiger partial charge in [0.15, 0.2) is 0 Å². The largest absolute Gasteiger partial charge is 0.468 e. The Morgan fingerprint density at radius 1 is 1.31 bits per heavy atom. The highest BCUT2D eigenvalue weighted by Crippen LogP contribution is 2.14. The van der Waals surface area contributed by atoms with Crippen LogP contribution in [0.4, 0.5) is 4.79 Å². The third kappa shape index (κ3) is 7.64. The van der Waals surface area contributed by atoms with Crippen molar-refractivity contribution in [2.75, 3.05) is 12.9 Å². The zero-order valence-electron chi connectivity index (χ0n) is 8.25. The molecule has 0 aromatic heterocycles. The summed E-state index contributed by atoms with van der Waals surface area (Å²) < 4.78 is 9.31. The summed E-state index contributed by atoms with van der Waals surface area (Å²) in [4.78, 5) is 21.6. The van der Waals surface area contributed by atoms with Gasteiger partial charge < -0.3 is 9.47 Å². The van der Waals surface area contributed by atoms with Crippen molar-refractivity contribution in [1.82, 2.24) is 0 Å². The van der Waals surface area contributed by atoms with Gasteiger partial charge in [-0.1, -0.05) is 0 Å². The molecule has 13 heavy (non-hydrogen) atoms. The van der Waals surface area contributed by atoms with Crippen molar-refractivity contribution in [2.45, 2.75) is 26.4 Å². The number of hydrogen-bond acceptors (Lipinski definition) is 5. The van der Waals surface area contributed by atoms with E-state index >= 15 is 0 Å². The maximum absolute atomic E-state index is 11.0. The number of hydrogen-bond donors (Lipinski definition) is 0. The van der Waals surface area contributed by atoms with Crippen LogP contribution in [0.25, 0.3) is 0 Å². The van der Waals surface area contributed by atoms with Crippen LogP contribution in [0.2, 0.25) is 0 Å². The van der Waals surface area contributed by atoms with Crippen LogP contribution < -0.4 is 0 Å². The van der Waals surface area contributed by atoms with Gasteiger partial charge >= 0.3 is 11.3 Å². The van der Waals surface area contributed by atoms with Gasteiger partial charge in [-0.25, -0.2) is 4.79 Å². The highest BCUT2D eigenvalue weighted by Gasteiger charge is 2.17. The molecule has 0 aromatic carbocycles. The SMILES string of the molecule is COC(=O)CSC(=O)OC(C)(C)C. The molecule has 5 heteroatoms. The second kappa shape index (κ2) is 5.11. The lowest BCUT2D eigenvalue weighted by atomic mass is 10.2. The van der Waals surface area contributed by atoms with Crippen molar-refractivity contribution < 1.29 is 19.1 Å². The normalized spacial score (nSPS) is 10.8. The predicted molar refractivity (Wildman–Crippen MR) is 50.7 cm³/mol. The Bertz CT molecular complexity index is 195. The minimum Gasteiger partial charge on any atom is -0.468 e. The maximum Gasteiger partial charge on any atom is 0.368 e. The monoisotopic (exact) mass is 206 g/mol. The third-order valence-corrected chi connectivity index (χ3v) is 1.62. The molecule has 0 saturated heterocycles. The van der Waals surface area contributed by atoms with Crippen LogP contribution in [0.3, 0.4) is 0 Å². The van der Waals surface area contributed by atoms with E-state index in [9.17, 15) is 9.59 Å². The minimum absolute atomic E-state index is 0.00852. The molecular weight excluding hydrogens is 192 g/mol. The van der Waals surface area contributed by atoms with Crippen LogP contribution >= 0.6 is 11.8 Å². The Hall–Kier alpha value is -0.710. The summed E-state index contributed by atoms with van der Waals surface area (Å²) in [5.74, 6) is -0.443. The summed E-state index contributed by atoms with van der Waals surface area (Å²) in [6.07, 6.45) is 0. The summed E-state index contributed by atoms with van der Waals surface area (Å²) in [7, 11) is 1.28. The fraction of sp³-hybridized carbons (Fsp3) is 0.750. The molecule has 0 spiro atoms. The Morgan fingerprint density at radius 2 is 1.85 bits per heavy atom. The number of methoxy groups -OCH3 is 1. The van der Waals surface area contributed by atoms with Gasteiger partial charge in [-0.05, 0) is 32.5 Å². The molecule has 0 fully saturated rings. The number of thioether (sulfide) groups is 1. The van der Waals surface area contributed by atoms with Crippen LogP contribution in [-0.4, -0.2) is 29.7 Å². The highest BCUT2D eigenvalue weighted by atomic mass is 32.2. The van der Waals surface area contributed by atoms with Gasteiger partial charge in [0, 0.05) is 0 Å². The molecule has 0 bridgehead atoms. The van der Waals surface area contributed by atoms with E-state index in [2.05, 4.69) is 4.74 Å². The van der Waals surface area contributed by atoms with Crippen LogP contribution in [0.1, 0.15) is 20.8 Å². The van der Waals surface area contributed by atoms with E-state index in [1.165, 1.54) is 7.11 Å². The maximum atomic E-state index is 11.0. The molecule has 0 aromatic rings. The highest BCUT2D eigenvalue weighted by molar-refractivity contribution is 8.13. The molecular formula is C8H14O4S. The zero-order valence-corrected chi connectivity index (χ0v) is 9.06. The quantitative estimate of drug-likeness (QED) is 0.645. The first-order valence-corrected chi connectivity index (χ1v) is 4.76. The lowest BCUT2D eigenvalue weighted by Gasteiger charge is -2.18. The van der Waals surface area contributed by atoms with Crippen LogP contribution in [0.15, 0.2) is 0 Å². The summed E-state index contributed by atoms with van der Waals surface area (Å²) >= 11 is 0.800. The van der Waals surface area contributed by atoms with E-state index in [4.69, 9.17) is 4.74 Å². The number of rotatable bonds is 2. The van der Waals surface area contributed by atoms with Gasteiger partial charge in [-0.2, -0.15) is 0 Å². The summed E-state index contributed by atoms with van der Waals surface area (Å²) in [5, 5.41) is -0.460. The fourth-order valence-electron chi connectivity index (χ4n) is 0.456. The molecule has 0 aliphatic rings. The van der Waals surface area contributed by atoms with Crippen LogP contribution in [0.5, 0.6) is 0 Å². The lowest BCUT2D eigenvalue weighted by molar-refractivity contribution is -0.137. The molecule has 76 valence electrons. The summed E-state index contributed by atoms with van der Waals surface area (Å²) in [6, 6.07) is 0. The van der Waals surface area contributed by atoms with Crippen LogP contribution in [0, 0.1) is 0 Å². The number of carbonyl (C=O) groups is 2. The van der Waals surface area contributed by atoms with E-state index in [-0.39, 0.29) is 5.75 Å². The smallest absolute Gasteiger partial charge is 0.368 e. The first kappa shape index (κ1) is 12.3. The van der Waals surface area contributed by atoms with E-state index in [0.717, 1.165) is 11.8 Å². The lowest BCUT2D eigenvalue weighted by Crippen LogP contribution is -2.22. The summed E-state index contributed by atoms with van der Waals surface area (Å²) in [6.45, 7) is 5.30. The first-order chi connectivity index (χ1) is 5.85. The molecule has 0 amide bonds. The molecule has 0 heterocycles. The molecule has 0 atom stereocenters. The average Bonchev–Trinajstić information content (AvgIpc) is 1.97. The Kier molecular flexibility index (Phi) is 4.83. The van der Waals surface area contributed by atoms with Crippen molar-refractivity contribution in [3.63, 3.8) is 0 Å².